The number of hydrogen-bond acceptors (Lipinski definition) is 2. The molecule has 0 radical (unpaired) electrons. The van der Waals surface area contributed by atoms with Crippen molar-refractivity contribution in [2.75, 3.05) is 13.7 Å². The maximum absolute atomic E-state index is 5.70. The lowest BCUT2D eigenvalue weighted by atomic mass is 9.93. The van der Waals surface area contributed by atoms with Gasteiger partial charge in [-0.3, -0.25) is 0 Å². The van der Waals surface area contributed by atoms with E-state index in [1.165, 1.54) is 0 Å². The molecule has 0 saturated carbocycles. The molecule has 0 aliphatic rings. The summed E-state index contributed by atoms with van der Waals surface area (Å²) in [6, 6.07) is 0.371. The third-order valence-corrected chi connectivity index (χ3v) is 2.52. The Morgan fingerprint density at radius 3 is 2.57 bits per heavy atom. The molecular formula is C12H23NO. The highest BCUT2D eigenvalue weighted by Gasteiger charge is 2.27. The Labute approximate surface area is 88.4 Å². The lowest BCUT2D eigenvalue weighted by molar-refractivity contribution is -0.0386. The van der Waals surface area contributed by atoms with Crippen molar-refractivity contribution < 1.29 is 4.74 Å². The number of hydrogen-bond donors (Lipinski definition) is 1. The van der Waals surface area contributed by atoms with Crippen LogP contribution in [0.15, 0.2) is 0 Å². The van der Waals surface area contributed by atoms with E-state index in [2.05, 4.69) is 25.1 Å². The van der Waals surface area contributed by atoms with Crippen LogP contribution in [-0.2, 0) is 4.74 Å². The van der Waals surface area contributed by atoms with E-state index in [1.54, 1.807) is 0 Å². The third-order valence-electron chi connectivity index (χ3n) is 2.52. The molecule has 14 heavy (non-hydrogen) atoms. The van der Waals surface area contributed by atoms with Gasteiger partial charge in [-0.1, -0.05) is 0 Å². The van der Waals surface area contributed by atoms with Crippen molar-refractivity contribution >= 4 is 0 Å². The fraction of sp³-hybridized carbons (Fsp3) is 0.833. The number of terminal acetylenes is 1. The van der Waals surface area contributed by atoms with E-state index in [1.807, 2.05) is 14.0 Å². The average molecular weight is 197 g/mol. The quantitative estimate of drug-likeness (QED) is 0.499. The molecular weight excluding hydrogens is 174 g/mol. The van der Waals surface area contributed by atoms with Crippen LogP contribution in [0.25, 0.3) is 0 Å². The molecule has 2 heteroatoms. The molecule has 0 heterocycles. The van der Waals surface area contributed by atoms with Crippen LogP contribution in [0.1, 0.15) is 40.0 Å². The van der Waals surface area contributed by atoms with Gasteiger partial charge in [-0.25, -0.2) is 0 Å². The van der Waals surface area contributed by atoms with E-state index >= 15 is 0 Å². The minimum absolute atomic E-state index is 0.113. The van der Waals surface area contributed by atoms with Gasteiger partial charge < -0.3 is 10.1 Å². The van der Waals surface area contributed by atoms with E-state index < -0.39 is 0 Å². The maximum Gasteiger partial charge on any atom is 0.0778 e. The molecule has 0 aliphatic heterocycles. The van der Waals surface area contributed by atoms with Gasteiger partial charge in [0.2, 0.25) is 0 Å². The van der Waals surface area contributed by atoms with Crippen molar-refractivity contribution in [1.82, 2.24) is 5.32 Å². The van der Waals surface area contributed by atoms with Crippen molar-refractivity contribution in [2.24, 2.45) is 0 Å². The Morgan fingerprint density at radius 2 is 2.14 bits per heavy atom. The van der Waals surface area contributed by atoms with Crippen molar-refractivity contribution in [1.29, 1.82) is 0 Å². The first-order valence-corrected chi connectivity index (χ1v) is 5.33. The predicted octanol–water partition coefficient (Wildman–Crippen LogP) is 2.19. The molecule has 0 aromatic carbocycles. The topological polar surface area (TPSA) is 21.3 Å². The van der Waals surface area contributed by atoms with Crippen LogP contribution in [0.4, 0.5) is 0 Å². The molecule has 0 rings (SSSR count). The van der Waals surface area contributed by atoms with Gasteiger partial charge in [-0.05, 0) is 40.7 Å². The molecule has 82 valence electrons. The third kappa shape index (κ3) is 4.64. The van der Waals surface area contributed by atoms with Crippen molar-refractivity contribution in [3.05, 3.63) is 0 Å². The van der Waals surface area contributed by atoms with Crippen LogP contribution in [0.2, 0.25) is 0 Å². The minimum Gasteiger partial charge on any atom is -0.374 e. The highest BCUT2D eigenvalue weighted by molar-refractivity contribution is 4.88. The fourth-order valence-electron chi connectivity index (χ4n) is 1.72. The molecule has 0 aromatic heterocycles. The second-order valence-electron chi connectivity index (χ2n) is 3.97. The van der Waals surface area contributed by atoms with Gasteiger partial charge in [0.25, 0.3) is 0 Å². The number of ether oxygens (including phenoxy) is 1. The zero-order valence-electron chi connectivity index (χ0n) is 9.89. The summed E-state index contributed by atoms with van der Waals surface area (Å²) >= 11 is 0. The lowest BCUT2D eigenvalue weighted by Crippen LogP contribution is -2.47. The first-order chi connectivity index (χ1) is 6.58. The summed E-state index contributed by atoms with van der Waals surface area (Å²) in [6.45, 7) is 7.01. The molecule has 0 fully saturated rings. The molecule has 0 aromatic rings. The summed E-state index contributed by atoms with van der Waals surface area (Å²) < 4.78 is 5.70. The normalized spacial score (nSPS) is 13.6. The Morgan fingerprint density at radius 1 is 1.50 bits per heavy atom. The van der Waals surface area contributed by atoms with Crippen LogP contribution in [0, 0.1) is 12.3 Å². The summed E-state index contributed by atoms with van der Waals surface area (Å²) in [4.78, 5) is 0. The van der Waals surface area contributed by atoms with Crippen LogP contribution in [0.3, 0.4) is 0 Å². The number of likely N-dealkylation sites (N-methyl/N-ethyl adjacent to an activating group) is 1. The smallest absolute Gasteiger partial charge is 0.0778 e. The molecule has 1 atom stereocenters. The summed E-state index contributed by atoms with van der Waals surface area (Å²) in [5.74, 6) is 2.66. The van der Waals surface area contributed by atoms with E-state index in [-0.39, 0.29) is 5.60 Å². The molecule has 0 aliphatic carbocycles. The largest absolute Gasteiger partial charge is 0.374 e. The molecule has 1 unspecified atom stereocenters. The minimum atomic E-state index is -0.113. The molecule has 0 spiro atoms. The molecule has 0 saturated heterocycles. The van der Waals surface area contributed by atoms with Gasteiger partial charge in [0, 0.05) is 19.1 Å². The first kappa shape index (κ1) is 13.5. The summed E-state index contributed by atoms with van der Waals surface area (Å²) in [5.41, 5.74) is -0.113. The van der Waals surface area contributed by atoms with Gasteiger partial charge in [0.05, 0.1) is 5.60 Å². The number of rotatable bonds is 7. The molecule has 0 amide bonds. The Kier molecular flexibility index (Phi) is 6.61. The Bertz CT molecular complexity index is 181. The fourth-order valence-corrected chi connectivity index (χ4v) is 1.72. The first-order valence-electron chi connectivity index (χ1n) is 5.33. The Hall–Kier alpha value is -0.520. The highest BCUT2D eigenvalue weighted by Crippen LogP contribution is 2.19. The zero-order chi connectivity index (χ0) is 11.0. The van der Waals surface area contributed by atoms with Gasteiger partial charge in [-0.2, -0.15) is 0 Å². The van der Waals surface area contributed by atoms with Crippen molar-refractivity contribution in [3.63, 3.8) is 0 Å². The van der Waals surface area contributed by atoms with Gasteiger partial charge in [-0.15, -0.1) is 12.3 Å². The molecule has 0 bridgehead atoms. The number of unbranched alkanes of at least 4 members (excludes halogenated alkanes) is 1. The SMILES string of the molecule is C#CCCCC(NC)C(C)(C)OCC. The second kappa shape index (κ2) is 6.86. The monoisotopic (exact) mass is 197 g/mol. The van der Waals surface area contributed by atoms with Crippen molar-refractivity contribution in [2.45, 2.75) is 51.7 Å². The second-order valence-corrected chi connectivity index (χ2v) is 3.97. The predicted molar refractivity (Wildman–Crippen MR) is 61.2 cm³/mol. The van der Waals surface area contributed by atoms with Gasteiger partial charge >= 0.3 is 0 Å². The van der Waals surface area contributed by atoms with Gasteiger partial charge in [0.15, 0.2) is 0 Å². The summed E-state index contributed by atoms with van der Waals surface area (Å²) in [7, 11) is 1.97. The standard InChI is InChI=1S/C12H23NO/c1-6-8-9-10-11(13-5)12(3,4)14-7-2/h1,11,13H,7-10H2,2-5H3. The Balaban J connectivity index is 4.04. The van der Waals surface area contributed by atoms with Crippen LogP contribution < -0.4 is 5.32 Å². The van der Waals surface area contributed by atoms with E-state index in [4.69, 9.17) is 11.2 Å². The van der Waals surface area contributed by atoms with Crippen LogP contribution in [-0.4, -0.2) is 25.3 Å². The van der Waals surface area contributed by atoms with E-state index in [9.17, 15) is 0 Å². The van der Waals surface area contributed by atoms with Crippen LogP contribution >= 0.6 is 0 Å². The highest BCUT2D eigenvalue weighted by atomic mass is 16.5. The van der Waals surface area contributed by atoms with E-state index in [0.717, 1.165) is 25.9 Å². The zero-order valence-corrected chi connectivity index (χ0v) is 9.89. The van der Waals surface area contributed by atoms with Crippen molar-refractivity contribution in [3.8, 4) is 12.3 Å². The molecule has 1 N–H and O–H groups in total. The lowest BCUT2D eigenvalue weighted by Gasteiger charge is -2.34. The average Bonchev–Trinajstić information content (AvgIpc) is 2.12. The van der Waals surface area contributed by atoms with E-state index in [0.29, 0.717) is 6.04 Å². The summed E-state index contributed by atoms with van der Waals surface area (Å²) in [5, 5.41) is 3.29. The molecule has 2 nitrogen and oxygen atoms in total. The maximum atomic E-state index is 5.70. The summed E-state index contributed by atoms with van der Waals surface area (Å²) in [6.07, 6.45) is 8.19. The van der Waals surface area contributed by atoms with Gasteiger partial charge in [0.1, 0.15) is 0 Å². The number of nitrogens with one attached hydrogen (secondary N) is 1. The van der Waals surface area contributed by atoms with Crippen LogP contribution in [0.5, 0.6) is 0 Å².